The minimum Gasteiger partial charge on any atom is -0.494 e. The molecule has 1 aromatic rings. The highest BCUT2D eigenvalue weighted by Crippen LogP contribution is 2.12. The maximum absolute atomic E-state index is 11.9. The zero-order valence-corrected chi connectivity index (χ0v) is 12.5. The van der Waals surface area contributed by atoms with E-state index in [1.54, 1.807) is 0 Å². The monoisotopic (exact) mass is 298 g/mol. The SMILES string of the molecule is Cl.NC1CCN(C(=O)CCCOc2ccccc2)CC1. The van der Waals surface area contributed by atoms with Crippen molar-refractivity contribution in [3.05, 3.63) is 30.3 Å². The van der Waals surface area contributed by atoms with Crippen LogP contribution in [0.15, 0.2) is 30.3 Å². The van der Waals surface area contributed by atoms with E-state index in [4.69, 9.17) is 10.5 Å². The molecule has 0 spiro atoms. The van der Waals surface area contributed by atoms with E-state index in [1.165, 1.54) is 0 Å². The normalized spacial score (nSPS) is 15.6. The number of hydrogen-bond acceptors (Lipinski definition) is 3. The van der Waals surface area contributed by atoms with Crippen molar-refractivity contribution in [1.82, 2.24) is 4.90 Å². The number of ether oxygens (including phenoxy) is 1. The lowest BCUT2D eigenvalue weighted by molar-refractivity contribution is -0.132. The van der Waals surface area contributed by atoms with Gasteiger partial charge >= 0.3 is 0 Å². The number of carbonyl (C=O) groups is 1. The van der Waals surface area contributed by atoms with Gasteiger partial charge in [0.05, 0.1) is 6.61 Å². The van der Waals surface area contributed by atoms with Crippen LogP contribution in [0.2, 0.25) is 0 Å². The van der Waals surface area contributed by atoms with Crippen molar-refractivity contribution in [3.8, 4) is 5.75 Å². The van der Waals surface area contributed by atoms with Crippen LogP contribution in [0.1, 0.15) is 25.7 Å². The van der Waals surface area contributed by atoms with Crippen molar-refractivity contribution in [2.75, 3.05) is 19.7 Å². The quantitative estimate of drug-likeness (QED) is 0.848. The molecule has 1 aromatic carbocycles. The second-order valence-corrected chi connectivity index (χ2v) is 4.98. The van der Waals surface area contributed by atoms with Crippen LogP contribution in [0, 0.1) is 0 Å². The first-order valence-electron chi connectivity index (χ1n) is 6.97. The van der Waals surface area contributed by atoms with Crippen molar-refractivity contribution in [1.29, 1.82) is 0 Å². The second-order valence-electron chi connectivity index (χ2n) is 4.98. The van der Waals surface area contributed by atoms with Gasteiger partial charge in [0.15, 0.2) is 0 Å². The average Bonchev–Trinajstić information content (AvgIpc) is 2.45. The van der Waals surface area contributed by atoms with Gasteiger partial charge in [-0.05, 0) is 31.4 Å². The van der Waals surface area contributed by atoms with Crippen LogP contribution >= 0.6 is 12.4 Å². The molecule has 1 amide bonds. The molecule has 4 nitrogen and oxygen atoms in total. The first kappa shape index (κ1) is 16.8. The standard InChI is InChI=1S/C15H22N2O2.ClH/c16-13-8-10-17(11-9-13)15(18)7-4-12-19-14-5-2-1-3-6-14;/h1-3,5-6,13H,4,7-12,16H2;1H. The number of piperidine rings is 1. The molecule has 1 aliphatic heterocycles. The van der Waals surface area contributed by atoms with Crippen molar-refractivity contribution in [2.45, 2.75) is 31.7 Å². The molecule has 0 saturated carbocycles. The van der Waals surface area contributed by atoms with E-state index in [-0.39, 0.29) is 24.4 Å². The number of hydrogen-bond donors (Lipinski definition) is 1. The van der Waals surface area contributed by atoms with Crippen molar-refractivity contribution >= 4 is 18.3 Å². The molecule has 1 heterocycles. The van der Waals surface area contributed by atoms with Crippen LogP contribution in [-0.2, 0) is 4.79 Å². The predicted molar refractivity (Wildman–Crippen MR) is 82.2 cm³/mol. The molecule has 0 atom stereocenters. The summed E-state index contributed by atoms with van der Waals surface area (Å²) in [5.41, 5.74) is 5.83. The van der Waals surface area contributed by atoms with E-state index in [1.807, 2.05) is 35.2 Å². The van der Waals surface area contributed by atoms with E-state index in [9.17, 15) is 4.79 Å². The molecule has 0 unspecified atom stereocenters. The van der Waals surface area contributed by atoms with Crippen LogP contribution in [0.3, 0.4) is 0 Å². The fraction of sp³-hybridized carbons (Fsp3) is 0.533. The second kappa shape index (κ2) is 8.82. The fourth-order valence-corrected chi connectivity index (χ4v) is 2.24. The third-order valence-corrected chi connectivity index (χ3v) is 3.44. The van der Waals surface area contributed by atoms with Crippen molar-refractivity contribution < 1.29 is 9.53 Å². The van der Waals surface area contributed by atoms with Gasteiger partial charge in [-0.15, -0.1) is 12.4 Å². The summed E-state index contributed by atoms with van der Waals surface area (Å²) in [6.45, 7) is 2.20. The Morgan fingerprint density at radius 3 is 2.55 bits per heavy atom. The minimum atomic E-state index is 0. The number of para-hydroxylation sites is 1. The Bertz CT molecular complexity index is 392. The number of rotatable bonds is 5. The third kappa shape index (κ3) is 5.39. The molecular formula is C15H23ClN2O2. The topological polar surface area (TPSA) is 55.6 Å². The molecule has 20 heavy (non-hydrogen) atoms. The summed E-state index contributed by atoms with van der Waals surface area (Å²) in [6.07, 6.45) is 3.16. The number of carbonyl (C=O) groups excluding carboxylic acids is 1. The summed E-state index contributed by atoms with van der Waals surface area (Å²) in [5.74, 6) is 1.09. The molecule has 5 heteroatoms. The molecule has 1 aliphatic rings. The largest absolute Gasteiger partial charge is 0.494 e. The van der Waals surface area contributed by atoms with E-state index < -0.39 is 0 Å². The van der Waals surface area contributed by atoms with Gasteiger partial charge in [-0.25, -0.2) is 0 Å². The Morgan fingerprint density at radius 1 is 1.25 bits per heavy atom. The van der Waals surface area contributed by atoms with E-state index in [2.05, 4.69) is 0 Å². The Balaban J connectivity index is 0.00000200. The van der Waals surface area contributed by atoms with Gasteiger partial charge in [0, 0.05) is 25.6 Å². The summed E-state index contributed by atoms with van der Waals surface area (Å²) in [5, 5.41) is 0. The smallest absolute Gasteiger partial charge is 0.222 e. The summed E-state index contributed by atoms with van der Waals surface area (Å²) in [6, 6.07) is 9.96. The minimum absolute atomic E-state index is 0. The summed E-state index contributed by atoms with van der Waals surface area (Å²) in [4.78, 5) is 13.9. The Morgan fingerprint density at radius 2 is 1.90 bits per heavy atom. The Kier molecular flexibility index (Phi) is 7.41. The maximum atomic E-state index is 11.9. The lowest BCUT2D eigenvalue weighted by Gasteiger charge is -2.30. The number of amides is 1. The molecule has 1 fully saturated rings. The number of benzene rings is 1. The molecule has 2 rings (SSSR count). The van der Waals surface area contributed by atoms with Crippen molar-refractivity contribution in [3.63, 3.8) is 0 Å². The number of halogens is 1. The summed E-state index contributed by atoms with van der Waals surface area (Å²) < 4.78 is 5.57. The maximum Gasteiger partial charge on any atom is 0.222 e. The molecular weight excluding hydrogens is 276 g/mol. The van der Waals surface area contributed by atoms with Gasteiger partial charge in [0.25, 0.3) is 0 Å². The Labute approximate surface area is 126 Å². The van der Waals surface area contributed by atoms with Crippen LogP contribution in [0.5, 0.6) is 5.75 Å². The van der Waals surface area contributed by atoms with Gasteiger partial charge in [0.1, 0.15) is 5.75 Å². The van der Waals surface area contributed by atoms with Gasteiger partial charge in [-0.2, -0.15) is 0 Å². The molecule has 2 N–H and O–H groups in total. The van der Waals surface area contributed by atoms with Crippen LogP contribution in [0.4, 0.5) is 0 Å². The fourth-order valence-electron chi connectivity index (χ4n) is 2.24. The lowest BCUT2D eigenvalue weighted by Crippen LogP contribution is -2.42. The van der Waals surface area contributed by atoms with Crippen LogP contribution in [0.25, 0.3) is 0 Å². The molecule has 0 radical (unpaired) electrons. The average molecular weight is 299 g/mol. The molecule has 112 valence electrons. The number of nitrogens with zero attached hydrogens (tertiary/aromatic N) is 1. The first-order valence-corrected chi connectivity index (χ1v) is 6.97. The third-order valence-electron chi connectivity index (χ3n) is 3.44. The predicted octanol–water partition coefficient (Wildman–Crippen LogP) is 2.22. The zero-order valence-electron chi connectivity index (χ0n) is 11.7. The number of nitrogens with two attached hydrogens (primary N) is 1. The van der Waals surface area contributed by atoms with Crippen LogP contribution in [-0.4, -0.2) is 36.5 Å². The molecule has 0 aliphatic carbocycles. The van der Waals surface area contributed by atoms with Gasteiger partial charge in [-0.1, -0.05) is 18.2 Å². The highest BCUT2D eigenvalue weighted by molar-refractivity contribution is 5.85. The molecule has 0 bridgehead atoms. The van der Waals surface area contributed by atoms with Crippen molar-refractivity contribution in [2.24, 2.45) is 5.73 Å². The zero-order chi connectivity index (χ0) is 13.5. The molecule has 1 saturated heterocycles. The van der Waals surface area contributed by atoms with Gasteiger partial charge < -0.3 is 15.4 Å². The van der Waals surface area contributed by atoms with E-state index in [0.717, 1.165) is 38.1 Å². The number of likely N-dealkylation sites (tertiary alicyclic amines) is 1. The van der Waals surface area contributed by atoms with E-state index in [0.29, 0.717) is 13.0 Å². The van der Waals surface area contributed by atoms with Gasteiger partial charge in [-0.3, -0.25) is 4.79 Å². The first-order chi connectivity index (χ1) is 9.25. The molecule has 0 aromatic heterocycles. The summed E-state index contributed by atoms with van der Waals surface area (Å²) in [7, 11) is 0. The van der Waals surface area contributed by atoms with Crippen LogP contribution < -0.4 is 10.5 Å². The Hall–Kier alpha value is -1.26. The lowest BCUT2D eigenvalue weighted by atomic mass is 10.1. The highest BCUT2D eigenvalue weighted by atomic mass is 35.5. The van der Waals surface area contributed by atoms with Gasteiger partial charge in [0.2, 0.25) is 5.91 Å². The van der Waals surface area contributed by atoms with E-state index >= 15 is 0 Å². The summed E-state index contributed by atoms with van der Waals surface area (Å²) >= 11 is 0. The highest BCUT2D eigenvalue weighted by Gasteiger charge is 2.19.